The second-order valence-electron chi connectivity index (χ2n) is 3.04. The number of nitrogens with two attached hydrogens (primary N) is 1. The summed E-state index contributed by atoms with van der Waals surface area (Å²) in [6.45, 7) is 1.46. The number of nitrogens with one attached hydrogen (secondary N) is 1. The molecule has 1 aromatic rings. The van der Waals surface area contributed by atoms with E-state index >= 15 is 0 Å². The van der Waals surface area contributed by atoms with Gasteiger partial charge in [0, 0.05) is 6.54 Å². The minimum Gasteiger partial charge on any atom is -0.325 e. The minimum atomic E-state index is -3.52. The molecule has 90 valence electrons. The van der Waals surface area contributed by atoms with Gasteiger partial charge in [-0.25, -0.2) is 13.1 Å². The van der Waals surface area contributed by atoms with E-state index in [2.05, 4.69) is 10.3 Å². The van der Waals surface area contributed by atoms with Crippen molar-refractivity contribution < 1.29 is 13.2 Å². The van der Waals surface area contributed by atoms with E-state index in [9.17, 15) is 13.2 Å². The third-order valence-electron chi connectivity index (χ3n) is 1.75. The van der Waals surface area contributed by atoms with Gasteiger partial charge in [0.15, 0.2) is 0 Å². The van der Waals surface area contributed by atoms with E-state index in [4.69, 9.17) is 5.73 Å². The van der Waals surface area contributed by atoms with Crippen molar-refractivity contribution in [2.45, 2.75) is 20.0 Å². The van der Waals surface area contributed by atoms with Gasteiger partial charge in [0.2, 0.25) is 10.0 Å². The van der Waals surface area contributed by atoms with Gasteiger partial charge in [-0.1, -0.05) is 5.21 Å². The average Bonchev–Trinajstić information content (AvgIpc) is 2.64. The topological polar surface area (TPSA) is 120 Å². The molecule has 0 saturated heterocycles. The Morgan fingerprint density at radius 2 is 2.31 bits per heavy atom. The van der Waals surface area contributed by atoms with Crippen molar-refractivity contribution in [1.82, 2.24) is 19.7 Å². The summed E-state index contributed by atoms with van der Waals surface area (Å²) in [5.41, 5.74) is 5.84. The molecule has 0 aliphatic carbocycles. The van der Waals surface area contributed by atoms with Crippen molar-refractivity contribution in [3.05, 3.63) is 11.9 Å². The number of sulfonamides is 1. The highest BCUT2D eigenvalue weighted by Gasteiger charge is 2.12. The van der Waals surface area contributed by atoms with Crippen LogP contribution in [-0.2, 0) is 27.9 Å². The van der Waals surface area contributed by atoms with E-state index in [0.717, 1.165) is 0 Å². The molecule has 1 amide bonds. The van der Waals surface area contributed by atoms with Crippen LogP contribution in [0.3, 0.4) is 0 Å². The van der Waals surface area contributed by atoms with Crippen LogP contribution in [0.25, 0.3) is 0 Å². The summed E-state index contributed by atoms with van der Waals surface area (Å²) < 4.78 is 25.2. The van der Waals surface area contributed by atoms with Gasteiger partial charge in [-0.2, -0.15) is 0 Å². The van der Waals surface area contributed by atoms with E-state index in [1.807, 2.05) is 4.72 Å². The van der Waals surface area contributed by atoms with Crippen molar-refractivity contribution in [1.29, 1.82) is 0 Å². The van der Waals surface area contributed by atoms with Crippen LogP contribution >= 0.6 is 0 Å². The number of hydrogen-bond acceptors (Lipinski definition) is 6. The smallest absolute Gasteiger partial charge is 0.255 e. The molecule has 0 unspecified atom stereocenters. The number of aromatic nitrogens is 3. The third kappa shape index (κ3) is 3.59. The van der Waals surface area contributed by atoms with Crippen molar-refractivity contribution >= 4 is 15.9 Å². The first-order chi connectivity index (χ1) is 7.46. The van der Waals surface area contributed by atoms with E-state index in [0.29, 0.717) is 5.69 Å². The molecule has 1 rings (SSSR count). The molecule has 0 fully saturated rings. The summed E-state index contributed by atoms with van der Waals surface area (Å²) >= 11 is 0. The highest BCUT2D eigenvalue weighted by Crippen LogP contribution is 1.91. The highest BCUT2D eigenvalue weighted by atomic mass is 32.2. The van der Waals surface area contributed by atoms with Gasteiger partial charge in [0.1, 0.15) is 6.54 Å². The maximum atomic E-state index is 11.3. The van der Waals surface area contributed by atoms with Crippen LogP contribution in [-0.4, -0.2) is 35.1 Å². The molecule has 0 aliphatic heterocycles. The standard InChI is InChI=1S/C7H13N5O3S/c1-2-16(14,15)10-7(13)5-12-4-6(3-8)9-11-12/h4H,2-3,5,8H2,1H3,(H,10,13). The van der Waals surface area contributed by atoms with Crippen LogP contribution in [0.15, 0.2) is 6.20 Å². The molecule has 1 aromatic heterocycles. The van der Waals surface area contributed by atoms with Crippen molar-refractivity contribution in [3.63, 3.8) is 0 Å². The molecule has 0 atom stereocenters. The molecule has 3 N–H and O–H groups in total. The lowest BCUT2D eigenvalue weighted by Crippen LogP contribution is -2.34. The molecule has 0 spiro atoms. The predicted octanol–water partition coefficient (Wildman–Crippen LogP) is -1.80. The van der Waals surface area contributed by atoms with Gasteiger partial charge in [-0.15, -0.1) is 5.10 Å². The first-order valence-corrected chi connectivity index (χ1v) is 6.24. The fourth-order valence-electron chi connectivity index (χ4n) is 0.934. The Morgan fingerprint density at radius 3 is 2.81 bits per heavy atom. The largest absolute Gasteiger partial charge is 0.325 e. The monoisotopic (exact) mass is 247 g/mol. The van der Waals surface area contributed by atoms with Gasteiger partial charge >= 0.3 is 0 Å². The minimum absolute atomic E-state index is 0.149. The van der Waals surface area contributed by atoms with Crippen molar-refractivity contribution in [3.8, 4) is 0 Å². The summed E-state index contributed by atoms with van der Waals surface area (Å²) in [4.78, 5) is 11.3. The summed E-state index contributed by atoms with van der Waals surface area (Å²) in [5, 5.41) is 7.28. The quantitative estimate of drug-likeness (QED) is 0.633. The molecular formula is C7H13N5O3S. The molecule has 0 radical (unpaired) electrons. The van der Waals surface area contributed by atoms with Gasteiger partial charge < -0.3 is 5.73 Å². The normalized spacial score (nSPS) is 11.4. The van der Waals surface area contributed by atoms with E-state index in [1.54, 1.807) is 0 Å². The van der Waals surface area contributed by atoms with Gasteiger partial charge in [0.25, 0.3) is 5.91 Å². The number of hydrogen-bond donors (Lipinski definition) is 2. The molecule has 0 saturated carbocycles. The lowest BCUT2D eigenvalue weighted by Gasteiger charge is -2.03. The second kappa shape index (κ2) is 5.03. The maximum Gasteiger partial charge on any atom is 0.255 e. The van der Waals surface area contributed by atoms with Gasteiger partial charge in [-0.3, -0.25) is 9.52 Å². The average molecular weight is 247 g/mol. The van der Waals surface area contributed by atoms with Crippen LogP contribution in [0.1, 0.15) is 12.6 Å². The fourth-order valence-corrected chi connectivity index (χ4v) is 1.49. The van der Waals surface area contributed by atoms with Crippen molar-refractivity contribution in [2.75, 3.05) is 5.75 Å². The van der Waals surface area contributed by atoms with Crippen LogP contribution in [0, 0.1) is 0 Å². The SMILES string of the molecule is CCS(=O)(=O)NC(=O)Cn1cc(CN)nn1. The summed E-state index contributed by atoms with van der Waals surface area (Å²) in [7, 11) is -3.52. The molecule has 8 nitrogen and oxygen atoms in total. The molecule has 0 aromatic carbocycles. The van der Waals surface area contributed by atoms with Gasteiger partial charge in [-0.05, 0) is 6.92 Å². The van der Waals surface area contributed by atoms with Crippen LogP contribution < -0.4 is 10.5 Å². The van der Waals surface area contributed by atoms with Crippen LogP contribution in [0.2, 0.25) is 0 Å². The molecule has 1 heterocycles. The number of rotatable bonds is 5. The summed E-state index contributed by atoms with van der Waals surface area (Å²) in [6.07, 6.45) is 1.48. The Hall–Kier alpha value is -1.48. The Balaban J connectivity index is 2.58. The predicted molar refractivity (Wildman–Crippen MR) is 55.5 cm³/mol. The Bertz CT molecular complexity index is 466. The zero-order chi connectivity index (χ0) is 12.2. The third-order valence-corrected chi connectivity index (χ3v) is 3.05. The summed E-state index contributed by atoms with van der Waals surface area (Å²) in [5.74, 6) is -0.806. The number of carbonyl (C=O) groups excluding carboxylic acids is 1. The van der Waals surface area contributed by atoms with Gasteiger partial charge in [0.05, 0.1) is 17.6 Å². The molecule has 16 heavy (non-hydrogen) atoms. The second-order valence-corrected chi connectivity index (χ2v) is 5.05. The number of amides is 1. The highest BCUT2D eigenvalue weighted by molar-refractivity contribution is 7.90. The summed E-state index contributed by atoms with van der Waals surface area (Å²) in [6, 6.07) is 0. The van der Waals surface area contributed by atoms with Crippen molar-refractivity contribution in [2.24, 2.45) is 5.73 Å². The van der Waals surface area contributed by atoms with Crippen LogP contribution in [0.4, 0.5) is 0 Å². The number of nitrogens with zero attached hydrogens (tertiary/aromatic N) is 3. The lowest BCUT2D eigenvalue weighted by atomic mass is 10.5. The molecular weight excluding hydrogens is 234 g/mol. The first-order valence-electron chi connectivity index (χ1n) is 4.59. The molecule has 0 aliphatic rings. The Kier molecular flexibility index (Phi) is 3.96. The van der Waals surface area contributed by atoms with E-state index in [-0.39, 0.29) is 18.8 Å². The maximum absolute atomic E-state index is 11.3. The zero-order valence-corrected chi connectivity index (χ0v) is 9.57. The number of carbonyl (C=O) groups is 1. The molecule has 9 heteroatoms. The Morgan fingerprint density at radius 1 is 1.62 bits per heavy atom. The molecule has 0 bridgehead atoms. The zero-order valence-electron chi connectivity index (χ0n) is 8.75. The lowest BCUT2D eigenvalue weighted by molar-refractivity contribution is -0.120. The van der Waals surface area contributed by atoms with E-state index < -0.39 is 15.9 Å². The first kappa shape index (κ1) is 12.6. The van der Waals surface area contributed by atoms with E-state index in [1.165, 1.54) is 17.8 Å². The Labute approximate surface area is 92.9 Å². The fraction of sp³-hybridized carbons (Fsp3) is 0.571. The van der Waals surface area contributed by atoms with Crippen LogP contribution in [0.5, 0.6) is 0 Å².